The maximum absolute atomic E-state index is 12.0. The van der Waals surface area contributed by atoms with Crippen molar-refractivity contribution in [3.8, 4) is 5.75 Å². The van der Waals surface area contributed by atoms with E-state index in [-0.39, 0.29) is 11.2 Å². The molecule has 6 heteroatoms. The van der Waals surface area contributed by atoms with Crippen LogP contribution in [0, 0.1) is 24.0 Å². The number of pyridine rings is 1. The average Bonchev–Trinajstić information content (AvgIpc) is 2.52. The number of hydrogen-bond acceptors (Lipinski definition) is 4. The van der Waals surface area contributed by atoms with Crippen molar-refractivity contribution in [2.24, 2.45) is 0 Å². The van der Waals surface area contributed by atoms with E-state index in [1.54, 1.807) is 6.92 Å². The monoisotopic (exact) mass is 316 g/mol. The molecule has 0 amide bonds. The number of hydrogen-bond donors (Lipinski definition) is 0. The maximum atomic E-state index is 12.0. The highest BCUT2D eigenvalue weighted by atomic mass is 16.6. The first kappa shape index (κ1) is 16.7. The Labute approximate surface area is 134 Å². The molecular weight excluding hydrogens is 296 g/mol. The Kier molecular flexibility index (Phi) is 5.51. The molecule has 1 aromatic heterocycles. The molecule has 0 bridgehead atoms. The smallest absolute Gasteiger partial charge is 0.286 e. The van der Waals surface area contributed by atoms with Gasteiger partial charge in [0.25, 0.3) is 11.2 Å². The molecule has 0 aliphatic rings. The Bertz CT molecular complexity index is 752. The van der Waals surface area contributed by atoms with Crippen molar-refractivity contribution in [1.82, 2.24) is 4.57 Å². The number of ether oxygens (including phenoxy) is 1. The van der Waals surface area contributed by atoms with Crippen LogP contribution < -0.4 is 10.3 Å². The lowest BCUT2D eigenvalue weighted by Crippen LogP contribution is -2.22. The molecule has 0 atom stereocenters. The van der Waals surface area contributed by atoms with Crippen LogP contribution in [0.15, 0.2) is 41.3 Å². The summed E-state index contributed by atoms with van der Waals surface area (Å²) in [6.07, 6.45) is 2.78. The standard InChI is InChI=1S/C17H20N2O4/c1-13-7-3-4-8-16(13)23-10-6-5-9-18-12-15(19(21)22)11-14(2)17(18)20/h3-4,7-8,11-12H,5-6,9-10H2,1-2H3. The average molecular weight is 316 g/mol. The third kappa shape index (κ3) is 4.42. The lowest BCUT2D eigenvalue weighted by Gasteiger charge is -2.09. The van der Waals surface area contributed by atoms with Crippen LogP contribution in [-0.4, -0.2) is 16.1 Å². The zero-order chi connectivity index (χ0) is 16.8. The number of rotatable bonds is 7. The largest absolute Gasteiger partial charge is 0.493 e. The Morgan fingerprint density at radius 3 is 2.61 bits per heavy atom. The summed E-state index contributed by atoms with van der Waals surface area (Å²) >= 11 is 0. The molecule has 1 heterocycles. The predicted octanol–water partition coefficient (Wildman–Crippen LogP) is 3.23. The minimum Gasteiger partial charge on any atom is -0.493 e. The molecule has 0 fully saturated rings. The molecule has 0 aliphatic carbocycles. The van der Waals surface area contributed by atoms with Gasteiger partial charge in [-0.2, -0.15) is 0 Å². The number of nitrogens with zero attached hydrogens (tertiary/aromatic N) is 2. The second-order valence-electron chi connectivity index (χ2n) is 5.46. The summed E-state index contributed by atoms with van der Waals surface area (Å²) < 4.78 is 7.10. The summed E-state index contributed by atoms with van der Waals surface area (Å²) in [6.45, 7) is 4.57. The summed E-state index contributed by atoms with van der Waals surface area (Å²) in [5.74, 6) is 0.857. The zero-order valence-electron chi connectivity index (χ0n) is 13.3. The third-order valence-electron chi connectivity index (χ3n) is 3.61. The Hall–Kier alpha value is -2.63. The number of para-hydroxylation sites is 1. The Morgan fingerprint density at radius 1 is 1.17 bits per heavy atom. The maximum Gasteiger partial charge on any atom is 0.286 e. The Morgan fingerprint density at radius 2 is 1.91 bits per heavy atom. The number of aromatic nitrogens is 1. The lowest BCUT2D eigenvalue weighted by atomic mass is 10.2. The highest BCUT2D eigenvalue weighted by Crippen LogP contribution is 2.16. The van der Waals surface area contributed by atoms with Gasteiger partial charge in [-0.3, -0.25) is 14.9 Å². The molecule has 0 spiro atoms. The number of benzene rings is 1. The van der Waals surface area contributed by atoms with E-state index >= 15 is 0 Å². The fraction of sp³-hybridized carbons (Fsp3) is 0.353. The minimum atomic E-state index is -0.482. The fourth-order valence-electron chi connectivity index (χ4n) is 2.32. The zero-order valence-corrected chi connectivity index (χ0v) is 13.3. The first-order valence-corrected chi connectivity index (χ1v) is 7.53. The third-order valence-corrected chi connectivity index (χ3v) is 3.61. The summed E-state index contributed by atoms with van der Waals surface area (Å²) in [4.78, 5) is 22.4. The molecule has 2 rings (SSSR count). The first-order valence-electron chi connectivity index (χ1n) is 7.53. The van der Waals surface area contributed by atoms with Crippen LogP contribution >= 0.6 is 0 Å². The van der Waals surface area contributed by atoms with Crippen molar-refractivity contribution in [3.63, 3.8) is 0 Å². The fourth-order valence-corrected chi connectivity index (χ4v) is 2.32. The molecule has 1 aromatic carbocycles. The van der Waals surface area contributed by atoms with E-state index < -0.39 is 4.92 Å². The molecule has 6 nitrogen and oxygen atoms in total. The van der Waals surface area contributed by atoms with Gasteiger partial charge in [-0.15, -0.1) is 0 Å². The van der Waals surface area contributed by atoms with Crippen molar-refractivity contribution in [2.75, 3.05) is 6.61 Å². The normalized spacial score (nSPS) is 10.5. The van der Waals surface area contributed by atoms with Crippen LogP contribution in [0.25, 0.3) is 0 Å². The molecule has 2 aromatic rings. The van der Waals surface area contributed by atoms with Gasteiger partial charge in [-0.05, 0) is 38.3 Å². The van der Waals surface area contributed by atoms with E-state index in [0.29, 0.717) is 25.1 Å². The second kappa shape index (κ2) is 7.58. The van der Waals surface area contributed by atoms with Crippen molar-refractivity contribution in [3.05, 3.63) is 68.1 Å². The minimum absolute atomic E-state index is 0.0572. The van der Waals surface area contributed by atoms with Crippen molar-refractivity contribution in [2.45, 2.75) is 33.2 Å². The van der Waals surface area contributed by atoms with Gasteiger partial charge in [0.05, 0.1) is 17.7 Å². The van der Waals surface area contributed by atoms with Crippen molar-refractivity contribution in [1.29, 1.82) is 0 Å². The number of nitro groups is 1. The van der Waals surface area contributed by atoms with E-state index in [9.17, 15) is 14.9 Å². The Balaban J connectivity index is 1.88. The van der Waals surface area contributed by atoms with E-state index in [0.717, 1.165) is 17.7 Å². The summed E-state index contributed by atoms with van der Waals surface area (Å²) in [7, 11) is 0. The van der Waals surface area contributed by atoms with Crippen molar-refractivity contribution < 1.29 is 9.66 Å². The van der Waals surface area contributed by atoms with Gasteiger partial charge in [0, 0.05) is 18.2 Å². The van der Waals surface area contributed by atoms with Crippen LogP contribution in [0.3, 0.4) is 0 Å². The van der Waals surface area contributed by atoms with Gasteiger partial charge < -0.3 is 9.30 Å². The van der Waals surface area contributed by atoms with E-state index in [2.05, 4.69) is 0 Å². The quantitative estimate of drug-likeness (QED) is 0.446. The number of unbranched alkanes of at least 4 members (excludes halogenated alkanes) is 1. The molecule has 122 valence electrons. The highest BCUT2D eigenvalue weighted by Gasteiger charge is 2.11. The lowest BCUT2D eigenvalue weighted by molar-refractivity contribution is -0.385. The van der Waals surface area contributed by atoms with Gasteiger partial charge in [-0.25, -0.2) is 0 Å². The van der Waals surface area contributed by atoms with Crippen molar-refractivity contribution >= 4 is 5.69 Å². The van der Waals surface area contributed by atoms with Crippen LogP contribution in [0.1, 0.15) is 24.0 Å². The van der Waals surface area contributed by atoms with Crippen LogP contribution in [0.2, 0.25) is 0 Å². The van der Waals surface area contributed by atoms with Gasteiger partial charge in [-0.1, -0.05) is 18.2 Å². The van der Waals surface area contributed by atoms with Crippen LogP contribution in [0.5, 0.6) is 5.75 Å². The molecule has 0 N–H and O–H groups in total. The van der Waals surface area contributed by atoms with Crippen LogP contribution in [0.4, 0.5) is 5.69 Å². The van der Waals surface area contributed by atoms with Crippen LogP contribution in [-0.2, 0) is 6.54 Å². The molecule has 0 aliphatic heterocycles. The second-order valence-corrected chi connectivity index (χ2v) is 5.46. The van der Waals surface area contributed by atoms with Gasteiger partial charge in [0.1, 0.15) is 5.75 Å². The molecule has 0 radical (unpaired) electrons. The summed E-state index contributed by atoms with van der Waals surface area (Å²) in [5, 5.41) is 10.9. The predicted molar refractivity (Wildman–Crippen MR) is 88.0 cm³/mol. The highest BCUT2D eigenvalue weighted by molar-refractivity contribution is 5.31. The van der Waals surface area contributed by atoms with Gasteiger partial charge in [0.2, 0.25) is 0 Å². The molecule has 0 saturated heterocycles. The van der Waals surface area contributed by atoms with E-state index in [1.807, 2.05) is 31.2 Å². The van der Waals surface area contributed by atoms with Gasteiger partial charge in [0.15, 0.2) is 0 Å². The first-order chi connectivity index (χ1) is 11.0. The molecule has 0 saturated carbocycles. The van der Waals surface area contributed by atoms with Gasteiger partial charge >= 0.3 is 0 Å². The van der Waals surface area contributed by atoms with E-state index in [1.165, 1.54) is 16.8 Å². The summed E-state index contributed by atoms with van der Waals surface area (Å²) in [6, 6.07) is 9.09. The van der Waals surface area contributed by atoms with E-state index in [4.69, 9.17) is 4.74 Å². The SMILES string of the molecule is Cc1ccccc1OCCCCn1cc([N+](=O)[O-])cc(C)c1=O. The molecule has 0 unspecified atom stereocenters. The summed E-state index contributed by atoms with van der Waals surface area (Å²) in [5.41, 5.74) is 1.22. The topological polar surface area (TPSA) is 74.4 Å². The molecule has 23 heavy (non-hydrogen) atoms. The molecular formula is C17H20N2O4. The number of aryl methyl sites for hydroxylation is 3.